The van der Waals surface area contributed by atoms with E-state index in [2.05, 4.69) is 36.2 Å². The van der Waals surface area contributed by atoms with Crippen molar-refractivity contribution in [2.24, 2.45) is 0 Å². The van der Waals surface area contributed by atoms with E-state index in [9.17, 15) is 9.59 Å². The van der Waals surface area contributed by atoms with Gasteiger partial charge in [-0.2, -0.15) is 5.10 Å². The number of aromatic nitrogens is 7. The van der Waals surface area contributed by atoms with E-state index in [-0.39, 0.29) is 17.6 Å². The van der Waals surface area contributed by atoms with Gasteiger partial charge < -0.3 is 10.6 Å². The van der Waals surface area contributed by atoms with Crippen LogP contribution in [0.2, 0.25) is 0 Å². The molecular weight excluding hydrogens is 394 g/mol. The van der Waals surface area contributed by atoms with E-state index in [1.807, 2.05) is 0 Å². The largest absolute Gasteiger partial charge is 0.325 e. The molecule has 0 aliphatic heterocycles. The summed E-state index contributed by atoms with van der Waals surface area (Å²) in [4.78, 5) is 28.3. The Bertz CT molecular complexity index is 983. The van der Waals surface area contributed by atoms with Crippen molar-refractivity contribution >= 4 is 35.0 Å². The molecular formula is C17H19N9O2S. The van der Waals surface area contributed by atoms with Crippen LogP contribution in [-0.2, 0) is 9.59 Å². The number of nitrogens with one attached hydrogen (secondary N) is 2. The van der Waals surface area contributed by atoms with Gasteiger partial charge in [-0.1, -0.05) is 11.8 Å². The van der Waals surface area contributed by atoms with Crippen molar-refractivity contribution in [1.29, 1.82) is 0 Å². The molecule has 2 heterocycles. The van der Waals surface area contributed by atoms with Crippen LogP contribution in [0.5, 0.6) is 0 Å². The maximum atomic E-state index is 12.3. The highest BCUT2D eigenvalue weighted by Crippen LogP contribution is 2.36. The van der Waals surface area contributed by atoms with Gasteiger partial charge in [0.15, 0.2) is 0 Å². The van der Waals surface area contributed by atoms with Crippen molar-refractivity contribution in [3.63, 3.8) is 0 Å². The van der Waals surface area contributed by atoms with Gasteiger partial charge in [0.25, 0.3) is 0 Å². The Kier molecular flexibility index (Phi) is 5.51. The van der Waals surface area contributed by atoms with Gasteiger partial charge in [-0.15, -0.1) is 5.10 Å². The maximum Gasteiger partial charge on any atom is 0.249 e. The lowest BCUT2D eigenvalue weighted by Crippen LogP contribution is -2.24. The molecule has 29 heavy (non-hydrogen) atoms. The molecule has 1 atom stereocenters. The van der Waals surface area contributed by atoms with Crippen molar-refractivity contribution in [2.45, 2.75) is 37.0 Å². The SMILES string of the molecule is CC(C(=O)Nc1ccc(NC(=O)CSc2nnnn2C2CC2)cc1)n1cncn1. The Morgan fingerprint density at radius 3 is 2.59 bits per heavy atom. The number of carbonyl (C=O) groups excluding carboxylic acids is 2. The van der Waals surface area contributed by atoms with Crippen LogP contribution >= 0.6 is 11.8 Å². The first kappa shape index (κ1) is 19.1. The summed E-state index contributed by atoms with van der Waals surface area (Å²) in [5, 5.41) is 21.8. The molecule has 3 aromatic rings. The van der Waals surface area contributed by atoms with Gasteiger partial charge in [-0.05, 0) is 54.5 Å². The van der Waals surface area contributed by atoms with E-state index >= 15 is 0 Å². The Morgan fingerprint density at radius 1 is 1.21 bits per heavy atom. The van der Waals surface area contributed by atoms with E-state index in [4.69, 9.17) is 0 Å². The summed E-state index contributed by atoms with van der Waals surface area (Å²) in [5.74, 6) is -0.157. The molecule has 2 N–H and O–H groups in total. The van der Waals surface area contributed by atoms with Crippen LogP contribution in [0.15, 0.2) is 42.1 Å². The monoisotopic (exact) mass is 413 g/mol. The molecule has 150 valence electrons. The average molecular weight is 413 g/mol. The highest BCUT2D eigenvalue weighted by Gasteiger charge is 2.28. The summed E-state index contributed by atoms with van der Waals surface area (Å²) >= 11 is 1.31. The van der Waals surface area contributed by atoms with Crippen LogP contribution in [0.4, 0.5) is 11.4 Å². The molecule has 0 spiro atoms. The van der Waals surface area contributed by atoms with Crippen LogP contribution in [-0.4, -0.2) is 52.5 Å². The van der Waals surface area contributed by atoms with Crippen molar-refractivity contribution in [3.8, 4) is 0 Å². The zero-order valence-corrected chi connectivity index (χ0v) is 16.4. The van der Waals surface area contributed by atoms with Gasteiger partial charge in [0.05, 0.1) is 11.8 Å². The molecule has 1 aromatic carbocycles. The molecule has 1 aliphatic carbocycles. The van der Waals surface area contributed by atoms with Crippen LogP contribution < -0.4 is 10.6 Å². The summed E-state index contributed by atoms with van der Waals surface area (Å²) in [7, 11) is 0. The second-order valence-corrected chi connectivity index (χ2v) is 7.53. The highest BCUT2D eigenvalue weighted by atomic mass is 32.2. The topological polar surface area (TPSA) is 133 Å². The molecule has 0 radical (unpaired) electrons. The Hall–Kier alpha value is -3.28. The molecule has 11 nitrogen and oxygen atoms in total. The lowest BCUT2D eigenvalue weighted by atomic mass is 10.2. The van der Waals surface area contributed by atoms with Gasteiger partial charge in [-0.3, -0.25) is 9.59 Å². The fourth-order valence-electron chi connectivity index (χ4n) is 2.58. The highest BCUT2D eigenvalue weighted by molar-refractivity contribution is 7.99. The predicted octanol–water partition coefficient (Wildman–Crippen LogP) is 1.53. The van der Waals surface area contributed by atoms with E-state index in [0.717, 1.165) is 12.8 Å². The number of amides is 2. The van der Waals surface area contributed by atoms with E-state index in [1.165, 1.54) is 29.1 Å². The normalized spacial score (nSPS) is 14.4. The van der Waals surface area contributed by atoms with Crippen molar-refractivity contribution in [3.05, 3.63) is 36.9 Å². The minimum atomic E-state index is -0.485. The lowest BCUT2D eigenvalue weighted by Gasteiger charge is -2.12. The van der Waals surface area contributed by atoms with Gasteiger partial charge in [0.1, 0.15) is 18.7 Å². The van der Waals surface area contributed by atoms with Crippen molar-refractivity contribution < 1.29 is 9.59 Å². The Morgan fingerprint density at radius 2 is 1.93 bits per heavy atom. The number of carbonyl (C=O) groups is 2. The number of benzene rings is 1. The van der Waals surface area contributed by atoms with E-state index < -0.39 is 6.04 Å². The van der Waals surface area contributed by atoms with Crippen LogP contribution in [0.25, 0.3) is 0 Å². The summed E-state index contributed by atoms with van der Waals surface area (Å²) < 4.78 is 3.25. The first-order chi connectivity index (χ1) is 14.1. The summed E-state index contributed by atoms with van der Waals surface area (Å²) in [6.45, 7) is 1.73. The van der Waals surface area contributed by atoms with Crippen LogP contribution in [0.3, 0.4) is 0 Å². The molecule has 2 aromatic heterocycles. The number of hydrogen-bond acceptors (Lipinski definition) is 8. The number of thioether (sulfide) groups is 1. The first-order valence-electron chi connectivity index (χ1n) is 9.05. The molecule has 1 aliphatic rings. The number of anilines is 2. The third-order valence-electron chi connectivity index (χ3n) is 4.34. The zero-order valence-electron chi connectivity index (χ0n) is 15.6. The van der Waals surface area contributed by atoms with Crippen LogP contribution in [0, 0.1) is 0 Å². The van der Waals surface area contributed by atoms with Gasteiger partial charge in [-0.25, -0.2) is 14.3 Å². The van der Waals surface area contributed by atoms with Crippen molar-refractivity contribution in [1.82, 2.24) is 35.0 Å². The van der Waals surface area contributed by atoms with E-state index in [1.54, 1.807) is 35.9 Å². The molecule has 1 saturated carbocycles. The molecule has 0 bridgehead atoms. The molecule has 1 fully saturated rings. The quantitative estimate of drug-likeness (QED) is 0.531. The Balaban J connectivity index is 1.27. The summed E-state index contributed by atoms with van der Waals surface area (Å²) in [6, 6.07) is 6.79. The fourth-order valence-corrected chi connectivity index (χ4v) is 3.32. The number of hydrogen-bond donors (Lipinski definition) is 2. The molecule has 12 heteroatoms. The second-order valence-electron chi connectivity index (χ2n) is 6.59. The number of nitrogens with zero attached hydrogens (tertiary/aromatic N) is 7. The van der Waals surface area contributed by atoms with Gasteiger partial charge in [0, 0.05) is 11.4 Å². The number of tetrazole rings is 1. The third kappa shape index (κ3) is 4.77. The van der Waals surface area contributed by atoms with Gasteiger partial charge >= 0.3 is 0 Å². The Labute approximate surface area is 170 Å². The average Bonchev–Trinajstić information content (AvgIpc) is 3.22. The first-order valence-corrected chi connectivity index (χ1v) is 10.0. The second kappa shape index (κ2) is 8.39. The predicted molar refractivity (Wildman–Crippen MR) is 105 cm³/mol. The minimum Gasteiger partial charge on any atom is -0.325 e. The smallest absolute Gasteiger partial charge is 0.249 e. The molecule has 0 saturated heterocycles. The fraction of sp³-hybridized carbons (Fsp3) is 0.353. The standard InChI is InChI=1S/C17H19N9O2S/c1-11(25-10-18-9-19-25)16(28)21-13-4-2-12(3-5-13)20-15(27)8-29-17-22-23-24-26(17)14-6-7-14/h2-5,9-11,14H,6-8H2,1H3,(H,20,27)(H,21,28). The molecule has 2 amide bonds. The summed E-state index contributed by atoms with van der Waals surface area (Å²) in [6.07, 6.45) is 5.02. The third-order valence-corrected chi connectivity index (χ3v) is 5.27. The maximum absolute atomic E-state index is 12.3. The minimum absolute atomic E-state index is 0.156. The van der Waals surface area contributed by atoms with Gasteiger partial charge in [0.2, 0.25) is 17.0 Å². The molecule has 4 rings (SSSR count). The lowest BCUT2D eigenvalue weighted by molar-refractivity contribution is -0.119. The molecule has 1 unspecified atom stereocenters. The number of rotatable bonds is 8. The summed E-state index contributed by atoms with van der Waals surface area (Å²) in [5.41, 5.74) is 1.26. The van der Waals surface area contributed by atoms with E-state index in [0.29, 0.717) is 22.6 Å². The van der Waals surface area contributed by atoms with Crippen molar-refractivity contribution in [2.75, 3.05) is 16.4 Å². The van der Waals surface area contributed by atoms with Crippen LogP contribution in [0.1, 0.15) is 31.8 Å². The zero-order chi connectivity index (χ0) is 20.2.